The van der Waals surface area contributed by atoms with Crippen LogP contribution in [0.2, 0.25) is 0 Å². The largest absolute Gasteiger partial charge is 0.497 e. The fourth-order valence-corrected chi connectivity index (χ4v) is 4.59. The SMILES string of the molecule is COc1ccc(CCn2c(C)cc(C(=O)CN3C(=O)NC(C)(c4cc(F)ccc4F)C3=O)c2C)cc1. The molecule has 1 fully saturated rings. The van der Waals surface area contributed by atoms with E-state index in [9.17, 15) is 23.2 Å². The summed E-state index contributed by atoms with van der Waals surface area (Å²) < 4.78 is 35.3. The lowest BCUT2D eigenvalue weighted by Gasteiger charge is -2.22. The van der Waals surface area contributed by atoms with Crippen molar-refractivity contribution in [3.8, 4) is 5.75 Å². The van der Waals surface area contributed by atoms with Gasteiger partial charge in [0, 0.05) is 29.1 Å². The number of halogens is 2. The monoisotopic (exact) mass is 495 g/mol. The Bertz CT molecular complexity index is 1350. The van der Waals surface area contributed by atoms with Crippen LogP contribution >= 0.6 is 0 Å². The first-order chi connectivity index (χ1) is 17.0. The number of ether oxygens (including phenoxy) is 1. The lowest BCUT2D eigenvalue weighted by molar-refractivity contribution is -0.130. The van der Waals surface area contributed by atoms with Crippen molar-refractivity contribution in [2.24, 2.45) is 0 Å². The molecule has 4 rings (SSSR count). The smallest absolute Gasteiger partial charge is 0.325 e. The number of hydrogen-bond donors (Lipinski definition) is 1. The summed E-state index contributed by atoms with van der Waals surface area (Å²) in [5.74, 6) is -2.05. The van der Waals surface area contributed by atoms with E-state index in [0.29, 0.717) is 12.1 Å². The van der Waals surface area contributed by atoms with E-state index in [1.807, 2.05) is 42.7 Å². The molecule has 2 aromatic carbocycles. The van der Waals surface area contributed by atoms with Crippen molar-refractivity contribution < 1.29 is 27.9 Å². The maximum absolute atomic E-state index is 14.4. The molecule has 0 aliphatic carbocycles. The first kappa shape index (κ1) is 25.1. The fraction of sp³-hybridized carbons (Fsp3) is 0.296. The predicted molar refractivity (Wildman–Crippen MR) is 129 cm³/mol. The van der Waals surface area contributed by atoms with Crippen LogP contribution in [0.15, 0.2) is 48.5 Å². The second-order valence-electron chi connectivity index (χ2n) is 9.03. The van der Waals surface area contributed by atoms with Gasteiger partial charge in [-0.1, -0.05) is 12.1 Å². The molecule has 0 bridgehead atoms. The number of aryl methyl sites for hydroxylation is 2. The Morgan fingerprint density at radius 3 is 2.42 bits per heavy atom. The molecule has 2 heterocycles. The summed E-state index contributed by atoms with van der Waals surface area (Å²) in [4.78, 5) is 39.6. The van der Waals surface area contributed by atoms with Gasteiger partial charge in [-0.2, -0.15) is 0 Å². The van der Waals surface area contributed by atoms with Crippen LogP contribution < -0.4 is 10.1 Å². The van der Waals surface area contributed by atoms with Crippen LogP contribution in [-0.2, 0) is 23.3 Å². The van der Waals surface area contributed by atoms with E-state index in [4.69, 9.17) is 4.74 Å². The van der Waals surface area contributed by atoms with E-state index < -0.39 is 41.4 Å². The zero-order chi connectivity index (χ0) is 26.2. The number of nitrogens with zero attached hydrogens (tertiary/aromatic N) is 2. The quantitative estimate of drug-likeness (QED) is 0.374. The highest BCUT2D eigenvalue weighted by Crippen LogP contribution is 2.31. The molecule has 3 aromatic rings. The predicted octanol–water partition coefficient (Wildman–Crippen LogP) is 4.28. The minimum Gasteiger partial charge on any atom is -0.497 e. The molecular weight excluding hydrogens is 468 g/mol. The van der Waals surface area contributed by atoms with Crippen LogP contribution in [0.1, 0.15) is 39.8 Å². The molecule has 3 amide bonds. The fourth-order valence-electron chi connectivity index (χ4n) is 4.59. The third kappa shape index (κ3) is 4.48. The van der Waals surface area contributed by atoms with Crippen molar-refractivity contribution >= 4 is 17.7 Å². The van der Waals surface area contributed by atoms with E-state index >= 15 is 0 Å². The van der Waals surface area contributed by atoms with Gasteiger partial charge in [0.05, 0.1) is 13.7 Å². The Balaban J connectivity index is 1.50. The number of hydrogen-bond acceptors (Lipinski definition) is 4. The summed E-state index contributed by atoms with van der Waals surface area (Å²) in [6.45, 7) is 5.11. The summed E-state index contributed by atoms with van der Waals surface area (Å²) in [6, 6.07) is 11.3. The molecule has 9 heteroatoms. The molecule has 0 saturated carbocycles. The van der Waals surface area contributed by atoms with Crippen molar-refractivity contribution in [3.05, 3.63) is 88.2 Å². The third-order valence-electron chi connectivity index (χ3n) is 6.70. The summed E-state index contributed by atoms with van der Waals surface area (Å²) in [6.07, 6.45) is 0.735. The third-order valence-corrected chi connectivity index (χ3v) is 6.70. The van der Waals surface area contributed by atoms with Crippen LogP contribution in [-0.4, -0.2) is 40.8 Å². The summed E-state index contributed by atoms with van der Waals surface area (Å²) >= 11 is 0. The standard InChI is InChI=1S/C27H27F2N3O4/c1-16-13-21(17(2)31(16)12-11-18-5-8-20(36-4)9-6-18)24(33)15-32-25(34)27(3,30-26(32)35)22-14-19(28)7-10-23(22)29/h5-10,13-14H,11-12,15H2,1-4H3,(H,30,35). The molecule has 0 radical (unpaired) electrons. The van der Waals surface area contributed by atoms with Gasteiger partial charge in [0.1, 0.15) is 22.9 Å². The lowest BCUT2D eigenvalue weighted by Crippen LogP contribution is -2.42. The Morgan fingerprint density at radius 2 is 1.75 bits per heavy atom. The van der Waals surface area contributed by atoms with Crippen molar-refractivity contribution in [1.29, 1.82) is 0 Å². The van der Waals surface area contributed by atoms with Crippen LogP contribution in [0.5, 0.6) is 5.75 Å². The van der Waals surface area contributed by atoms with Gasteiger partial charge in [0.2, 0.25) is 0 Å². The van der Waals surface area contributed by atoms with Crippen LogP contribution in [0.25, 0.3) is 0 Å². The maximum Gasteiger partial charge on any atom is 0.325 e. The van der Waals surface area contributed by atoms with E-state index in [2.05, 4.69) is 5.32 Å². The molecule has 1 aromatic heterocycles. The Morgan fingerprint density at radius 1 is 1.06 bits per heavy atom. The molecule has 0 spiro atoms. The number of imide groups is 1. The number of amides is 3. The summed E-state index contributed by atoms with van der Waals surface area (Å²) in [7, 11) is 1.61. The summed E-state index contributed by atoms with van der Waals surface area (Å²) in [5, 5.41) is 2.41. The van der Waals surface area contributed by atoms with Gasteiger partial charge in [-0.05, 0) is 69.2 Å². The number of nitrogens with one attached hydrogen (secondary N) is 1. The molecule has 188 valence electrons. The van der Waals surface area contributed by atoms with Crippen LogP contribution in [0.4, 0.5) is 13.6 Å². The maximum atomic E-state index is 14.4. The molecule has 1 saturated heterocycles. The van der Waals surface area contributed by atoms with Gasteiger partial charge in [-0.25, -0.2) is 13.6 Å². The molecule has 1 N–H and O–H groups in total. The highest BCUT2D eigenvalue weighted by Gasteiger charge is 2.51. The van der Waals surface area contributed by atoms with Crippen molar-refractivity contribution in [2.75, 3.05) is 13.7 Å². The number of Topliss-reactive ketones (excluding diaryl/α,β-unsaturated/α-hetero) is 1. The molecule has 36 heavy (non-hydrogen) atoms. The molecule has 1 atom stereocenters. The zero-order valence-corrected chi connectivity index (χ0v) is 20.5. The highest BCUT2D eigenvalue weighted by atomic mass is 19.1. The first-order valence-corrected chi connectivity index (χ1v) is 11.5. The highest BCUT2D eigenvalue weighted by molar-refractivity contribution is 6.11. The first-order valence-electron chi connectivity index (χ1n) is 11.5. The van der Waals surface area contributed by atoms with Crippen molar-refractivity contribution in [1.82, 2.24) is 14.8 Å². The molecule has 1 unspecified atom stereocenters. The topological polar surface area (TPSA) is 80.6 Å². The number of aromatic nitrogens is 1. The number of carbonyl (C=O) groups is 3. The molecule has 1 aliphatic rings. The second-order valence-corrected chi connectivity index (χ2v) is 9.03. The second kappa shape index (κ2) is 9.56. The molecular formula is C27H27F2N3O4. The minimum atomic E-state index is -1.82. The van der Waals surface area contributed by atoms with E-state index in [1.165, 1.54) is 6.92 Å². The van der Waals surface area contributed by atoms with Crippen molar-refractivity contribution in [3.63, 3.8) is 0 Å². The van der Waals surface area contributed by atoms with Crippen LogP contribution in [0, 0.1) is 25.5 Å². The van der Waals surface area contributed by atoms with Gasteiger partial charge in [-0.3, -0.25) is 14.5 Å². The van der Waals surface area contributed by atoms with Gasteiger partial charge in [-0.15, -0.1) is 0 Å². The number of rotatable bonds is 8. The Hall–Kier alpha value is -4.01. The normalized spacial score (nSPS) is 17.4. The Labute approximate surface area is 207 Å². The lowest BCUT2D eigenvalue weighted by atomic mass is 9.91. The van der Waals surface area contributed by atoms with Gasteiger partial charge in [0.25, 0.3) is 5.91 Å². The van der Waals surface area contributed by atoms with Gasteiger partial charge >= 0.3 is 6.03 Å². The summed E-state index contributed by atoms with van der Waals surface area (Å²) in [5.41, 5.74) is 0.976. The van der Waals surface area contributed by atoms with Crippen molar-refractivity contribution in [2.45, 2.75) is 39.3 Å². The van der Waals surface area contributed by atoms with Crippen LogP contribution in [0.3, 0.4) is 0 Å². The minimum absolute atomic E-state index is 0.299. The van der Waals surface area contributed by atoms with Gasteiger partial charge < -0.3 is 14.6 Å². The molecule has 1 aliphatic heterocycles. The average molecular weight is 496 g/mol. The number of urea groups is 1. The van der Waals surface area contributed by atoms with E-state index in [-0.39, 0.29) is 5.56 Å². The number of ketones is 1. The van der Waals surface area contributed by atoms with Gasteiger partial charge in [0.15, 0.2) is 5.78 Å². The number of benzene rings is 2. The zero-order valence-electron chi connectivity index (χ0n) is 20.5. The Kier molecular flexibility index (Phi) is 6.67. The number of carbonyl (C=O) groups excluding carboxylic acids is 3. The molecule has 7 nitrogen and oxygen atoms in total. The van der Waals surface area contributed by atoms with E-state index in [0.717, 1.165) is 52.2 Å². The average Bonchev–Trinajstić information content (AvgIpc) is 3.26. The van der Waals surface area contributed by atoms with E-state index in [1.54, 1.807) is 13.2 Å². The number of methoxy groups -OCH3 is 1.